The lowest BCUT2D eigenvalue weighted by Gasteiger charge is -2.50. The number of aromatic nitrogens is 2. The Morgan fingerprint density at radius 3 is 2.55 bits per heavy atom. The van der Waals surface area contributed by atoms with Gasteiger partial charge in [-0.3, -0.25) is 9.59 Å². The molecule has 14 heteroatoms. The van der Waals surface area contributed by atoms with Crippen LogP contribution in [0, 0.1) is 0 Å². The van der Waals surface area contributed by atoms with E-state index in [9.17, 15) is 27.9 Å². The second-order valence-electron chi connectivity index (χ2n) is 6.58. The number of amides is 2. The summed E-state index contributed by atoms with van der Waals surface area (Å²) in [4.78, 5) is 35.0. The third-order valence-electron chi connectivity index (χ3n) is 4.48. The first-order valence-corrected chi connectivity index (χ1v) is 8.55. The van der Waals surface area contributed by atoms with Crippen molar-refractivity contribution in [2.24, 2.45) is 0 Å². The molecule has 0 saturated carbocycles. The molecular formula is C15H20F3N5O6. The van der Waals surface area contributed by atoms with Crippen LogP contribution in [0.15, 0.2) is 10.8 Å². The Labute approximate surface area is 162 Å². The maximum atomic E-state index is 12.4. The maximum Gasteiger partial charge on any atom is 0.490 e. The Balaban J connectivity index is 0.000000370. The number of halogens is 3. The first-order valence-electron chi connectivity index (χ1n) is 8.55. The molecule has 2 unspecified atom stereocenters. The summed E-state index contributed by atoms with van der Waals surface area (Å²) >= 11 is 0. The van der Waals surface area contributed by atoms with E-state index in [2.05, 4.69) is 20.8 Å². The minimum atomic E-state index is -5.08. The summed E-state index contributed by atoms with van der Waals surface area (Å²) in [5.41, 5.74) is -0.528. The molecule has 2 aliphatic rings. The van der Waals surface area contributed by atoms with Crippen molar-refractivity contribution < 1.29 is 42.2 Å². The molecule has 2 aliphatic heterocycles. The minimum Gasteiger partial charge on any atom is -0.475 e. The molecule has 2 fully saturated rings. The van der Waals surface area contributed by atoms with E-state index >= 15 is 0 Å². The highest BCUT2D eigenvalue weighted by Gasteiger charge is 2.57. The molecule has 1 spiro atoms. The normalized spacial score (nSPS) is 23.1. The van der Waals surface area contributed by atoms with Gasteiger partial charge in [0.25, 0.3) is 0 Å². The fourth-order valence-electron chi connectivity index (χ4n) is 3.12. The van der Waals surface area contributed by atoms with E-state index in [1.165, 1.54) is 18.2 Å². The maximum absolute atomic E-state index is 12.4. The van der Waals surface area contributed by atoms with E-state index in [0.717, 1.165) is 19.4 Å². The van der Waals surface area contributed by atoms with Gasteiger partial charge in [-0.25, -0.2) is 4.79 Å². The number of carboxylic acid groups (broad SMARTS) is 1. The molecule has 1 aromatic heterocycles. The predicted octanol–water partition coefficient (Wildman–Crippen LogP) is -0.967. The fourth-order valence-corrected chi connectivity index (χ4v) is 3.12. The molecule has 29 heavy (non-hydrogen) atoms. The van der Waals surface area contributed by atoms with Crippen LogP contribution in [0.5, 0.6) is 0 Å². The second kappa shape index (κ2) is 8.73. The number of rotatable bonds is 5. The summed E-state index contributed by atoms with van der Waals surface area (Å²) in [6.07, 6.45) is -3.16. The Kier molecular flexibility index (Phi) is 6.79. The average molecular weight is 423 g/mol. The van der Waals surface area contributed by atoms with E-state index in [0.29, 0.717) is 6.54 Å². The summed E-state index contributed by atoms with van der Waals surface area (Å²) in [7, 11) is 0. The van der Waals surface area contributed by atoms with Gasteiger partial charge in [0, 0.05) is 6.54 Å². The van der Waals surface area contributed by atoms with E-state index < -0.39 is 35.7 Å². The van der Waals surface area contributed by atoms with Crippen molar-refractivity contribution in [3.05, 3.63) is 12.3 Å². The summed E-state index contributed by atoms with van der Waals surface area (Å²) in [5.74, 6) is -3.05. The number of aliphatic carboxylic acids is 1. The van der Waals surface area contributed by atoms with Gasteiger partial charge in [0.1, 0.15) is 11.6 Å². The van der Waals surface area contributed by atoms with Crippen molar-refractivity contribution in [1.82, 2.24) is 25.7 Å². The van der Waals surface area contributed by atoms with Crippen molar-refractivity contribution in [1.29, 1.82) is 0 Å². The smallest absolute Gasteiger partial charge is 0.475 e. The number of likely N-dealkylation sites (tertiary alicyclic amines) is 1. The molecule has 1 aromatic rings. The van der Waals surface area contributed by atoms with E-state index in [-0.39, 0.29) is 18.3 Å². The molecule has 0 aromatic carbocycles. The van der Waals surface area contributed by atoms with Crippen molar-refractivity contribution in [2.45, 2.75) is 50.2 Å². The van der Waals surface area contributed by atoms with Crippen LogP contribution < -0.4 is 10.6 Å². The quantitative estimate of drug-likeness (QED) is 0.437. The fraction of sp³-hybridized carbons (Fsp3) is 0.667. The van der Waals surface area contributed by atoms with Gasteiger partial charge in [-0.1, -0.05) is 0 Å². The monoisotopic (exact) mass is 423 g/mol. The number of alkyl halides is 3. The summed E-state index contributed by atoms with van der Waals surface area (Å²) in [5, 5.41) is 30.0. The van der Waals surface area contributed by atoms with Crippen LogP contribution in [0.25, 0.3) is 0 Å². The van der Waals surface area contributed by atoms with Gasteiger partial charge in [-0.05, 0) is 26.3 Å². The first-order chi connectivity index (χ1) is 13.5. The van der Waals surface area contributed by atoms with Crippen LogP contribution in [0.1, 0.15) is 25.7 Å². The van der Waals surface area contributed by atoms with Gasteiger partial charge in [-0.15, -0.1) is 10.2 Å². The Morgan fingerprint density at radius 1 is 1.48 bits per heavy atom. The van der Waals surface area contributed by atoms with Gasteiger partial charge in [0.05, 0.1) is 12.6 Å². The zero-order chi connectivity index (χ0) is 21.8. The van der Waals surface area contributed by atoms with Gasteiger partial charge >= 0.3 is 12.1 Å². The number of aliphatic hydroxyl groups is 1. The van der Waals surface area contributed by atoms with E-state index in [4.69, 9.17) is 14.3 Å². The summed E-state index contributed by atoms with van der Waals surface area (Å²) in [6.45, 7) is 2.81. The molecular weight excluding hydrogens is 403 g/mol. The van der Waals surface area contributed by atoms with Crippen LogP contribution >= 0.6 is 0 Å². The number of hydrogen-bond donors (Lipinski definition) is 4. The minimum absolute atomic E-state index is 0.0630. The SMILES string of the molecule is C[C@@H](O)C(C(=O)NCc1nnco1)N1CC2(CCCN2)C1=O.O=C(O)C(F)(F)F. The second-order valence-corrected chi connectivity index (χ2v) is 6.58. The van der Waals surface area contributed by atoms with Crippen LogP contribution in [0.2, 0.25) is 0 Å². The number of hydrogen-bond acceptors (Lipinski definition) is 8. The number of carbonyl (C=O) groups excluding carboxylic acids is 2. The van der Waals surface area contributed by atoms with Gasteiger partial charge in [0.15, 0.2) is 0 Å². The molecule has 2 amide bonds. The van der Waals surface area contributed by atoms with Crippen LogP contribution in [0.3, 0.4) is 0 Å². The lowest BCUT2D eigenvalue weighted by molar-refractivity contribution is -0.192. The molecule has 0 radical (unpaired) electrons. The summed E-state index contributed by atoms with van der Waals surface area (Å²) in [6, 6.07) is -0.913. The molecule has 4 N–H and O–H groups in total. The Bertz CT molecular complexity index is 733. The molecule has 3 atom stereocenters. The number of aliphatic hydroxyl groups excluding tert-OH is 1. The lowest BCUT2D eigenvalue weighted by Crippen LogP contribution is -2.76. The molecule has 3 rings (SSSR count). The topological polar surface area (TPSA) is 158 Å². The van der Waals surface area contributed by atoms with Crippen LogP contribution in [-0.4, -0.2) is 80.0 Å². The zero-order valence-corrected chi connectivity index (χ0v) is 15.3. The Hall–Kier alpha value is -2.74. The number of nitrogens with one attached hydrogen (secondary N) is 2. The summed E-state index contributed by atoms with van der Waals surface area (Å²) < 4.78 is 36.7. The van der Waals surface area contributed by atoms with Crippen molar-refractivity contribution in [3.63, 3.8) is 0 Å². The standard InChI is InChI=1S/C13H19N5O4.C2HF3O2/c1-8(19)10(11(20)14-5-9-17-16-7-22-9)18-6-13(12(18)21)3-2-4-15-13;3-2(4,5)1(6)7/h7-8,10,15,19H,2-6H2,1H3,(H,14,20);(H,6,7)/t8-,10?,13?;/m1./s1. The first kappa shape index (κ1) is 22.5. The van der Waals surface area contributed by atoms with Gasteiger partial charge < -0.3 is 30.2 Å². The van der Waals surface area contributed by atoms with Crippen molar-refractivity contribution in [3.8, 4) is 0 Å². The average Bonchev–Trinajstić information content (AvgIpc) is 3.31. The van der Waals surface area contributed by atoms with Crippen molar-refractivity contribution >= 4 is 17.8 Å². The highest BCUT2D eigenvalue weighted by atomic mass is 19.4. The number of carbonyl (C=O) groups is 3. The van der Waals surface area contributed by atoms with Crippen molar-refractivity contribution in [2.75, 3.05) is 13.1 Å². The molecule has 2 saturated heterocycles. The molecule has 0 bridgehead atoms. The number of nitrogens with zero attached hydrogens (tertiary/aromatic N) is 3. The lowest BCUT2D eigenvalue weighted by atomic mass is 9.84. The number of carboxylic acids is 1. The Morgan fingerprint density at radius 2 is 2.14 bits per heavy atom. The van der Waals surface area contributed by atoms with E-state index in [1.807, 2.05) is 0 Å². The molecule has 3 heterocycles. The van der Waals surface area contributed by atoms with Crippen LogP contribution in [0.4, 0.5) is 13.2 Å². The van der Waals surface area contributed by atoms with E-state index in [1.54, 1.807) is 0 Å². The highest BCUT2D eigenvalue weighted by molar-refractivity contribution is 5.97. The van der Waals surface area contributed by atoms with Crippen LogP contribution in [-0.2, 0) is 20.9 Å². The predicted molar refractivity (Wildman–Crippen MR) is 87.0 cm³/mol. The van der Waals surface area contributed by atoms with Gasteiger partial charge in [0.2, 0.25) is 24.1 Å². The third kappa shape index (κ3) is 5.20. The number of β-lactam (4-membered cyclic amide) rings is 1. The van der Waals surface area contributed by atoms with Gasteiger partial charge in [-0.2, -0.15) is 13.2 Å². The largest absolute Gasteiger partial charge is 0.490 e. The zero-order valence-electron chi connectivity index (χ0n) is 15.3. The molecule has 11 nitrogen and oxygen atoms in total. The molecule has 162 valence electrons. The molecule has 0 aliphatic carbocycles. The third-order valence-corrected chi connectivity index (χ3v) is 4.48. The highest BCUT2D eigenvalue weighted by Crippen LogP contribution is 2.33.